The van der Waals surface area contributed by atoms with E-state index in [1.807, 2.05) is 0 Å². The van der Waals surface area contributed by atoms with Crippen LogP contribution in [0.5, 0.6) is 11.5 Å². The highest BCUT2D eigenvalue weighted by atomic mass is 16.7. The first kappa shape index (κ1) is 13.1. The molecule has 1 aromatic carbocycles. The van der Waals surface area contributed by atoms with Gasteiger partial charge in [-0.3, -0.25) is 4.79 Å². The van der Waals surface area contributed by atoms with Gasteiger partial charge < -0.3 is 25.6 Å². The van der Waals surface area contributed by atoms with Gasteiger partial charge in [0.25, 0.3) is 5.91 Å². The van der Waals surface area contributed by atoms with Gasteiger partial charge in [0, 0.05) is 18.3 Å². The first-order chi connectivity index (χ1) is 9.57. The number of aliphatic hydroxyl groups is 1. The van der Waals surface area contributed by atoms with Gasteiger partial charge in [0.05, 0.1) is 11.2 Å². The molecule has 20 heavy (non-hydrogen) atoms. The van der Waals surface area contributed by atoms with E-state index in [9.17, 15) is 9.90 Å². The highest BCUT2D eigenvalue weighted by molar-refractivity contribution is 6.00. The Morgan fingerprint density at radius 3 is 2.65 bits per heavy atom. The van der Waals surface area contributed by atoms with E-state index in [1.165, 1.54) is 0 Å². The molecule has 4 N–H and O–H groups in total. The van der Waals surface area contributed by atoms with Crippen LogP contribution in [0.4, 0.5) is 5.69 Å². The number of fused-ring (bicyclic) bond motifs is 1. The first-order valence-electron chi connectivity index (χ1n) is 6.77. The summed E-state index contributed by atoms with van der Waals surface area (Å²) in [6.07, 6.45) is 3.45. The van der Waals surface area contributed by atoms with Crippen molar-refractivity contribution in [2.45, 2.75) is 31.3 Å². The molecule has 0 atom stereocenters. The number of hydrogen-bond acceptors (Lipinski definition) is 5. The third-order valence-corrected chi connectivity index (χ3v) is 3.90. The molecule has 1 aliphatic carbocycles. The van der Waals surface area contributed by atoms with Gasteiger partial charge in [-0.2, -0.15) is 0 Å². The molecule has 1 fully saturated rings. The van der Waals surface area contributed by atoms with Gasteiger partial charge in [-0.15, -0.1) is 0 Å². The molecule has 1 saturated carbocycles. The zero-order chi connectivity index (χ0) is 14.2. The molecule has 1 aliphatic heterocycles. The van der Waals surface area contributed by atoms with Crippen molar-refractivity contribution in [2.24, 2.45) is 0 Å². The molecule has 1 heterocycles. The molecule has 3 rings (SSSR count). The van der Waals surface area contributed by atoms with E-state index in [0.717, 1.165) is 25.7 Å². The van der Waals surface area contributed by atoms with Crippen molar-refractivity contribution >= 4 is 11.6 Å². The molecule has 108 valence electrons. The molecule has 0 aromatic heterocycles. The molecule has 0 unspecified atom stereocenters. The molecule has 1 amide bonds. The monoisotopic (exact) mass is 278 g/mol. The lowest BCUT2D eigenvalue weighted by Gasteiger charge is -2.22. The Kier molecular flexibility index (Phi) is 3.17. The molecule has 6 heteroatoms. The van der Waals surface area contributed by atoms with Crippen molar-refractivity contribution in [3.05, 3.63) is 17.7 Å². The fourth-order valence-electron chi connectivity index (χ4n) is 2.70. The van der Waals surface area contributed by atoms with E-state index in [1.54, 1.807) is 12.1 Å². The molecular formula is C14H18N2O4. The predicted octanol–water partition coefficient (Wildman–Crippen LogP) is 1.03. The van der Waals surface area contributed by atoms with Crippen LogP contribution in [0.15, 0.2) is 12.1 Å². The van der Waals surface area contributed by atoms with E-state index < -0.39 is 5.60 Å². The number of nitrogens with two attached hydrogens (primary N) is 1. The lowest BCUT2D eigenvalue weighted by Crippen LogP contribution is -2.40. The van der Waals surface area contributed by atoms with Crippen LogP contribution in [0.1, 0.15) is 36.0 Å². The summed E-state index contributed by atoms with van der Waals surface area (Å²) in [5, 5.41) is 13.0. The molecule has 2 aliphatic rings. The number of nitrogen functional groups attached to an aromatic ring is 1. The minimum Gasteiger partial charge on any atom is -0.454 e. The van der Waals surface area contributed by atoms with Gasteiger partial charge in [-0.25, -0.2) is 0 Å². The van der Waals surface area contributed by atoms with E-state index in [0.29, 0.717) is 22.7 Å². The second-order valence-electron chi connectivity index (χ2n) is 5.41. The van der Waals surface area contributed by atoms with Gasteiger partial charge >= 0.3 is 0 Å². The van der Waals surface area contributed by atoms with Crippen LogP contribution < -0.4 is 20.5 Å². The van der Waals surface area contributed by atoms with Crippen LogP contribution >= 0.6 is 0 Å². The van der Waals surface area contributed by atoms with Gasteiger partial charge in [-0.1, -0.05) is 12.8 Å². The smallest absolute Gasteiger partial charge is 0.253 e. The molecule has 6 nitrogen and oxygen atoms in total. The summed E-state index contributed by atoms with van der Waals surface area (Å²) in [7, 11) is 0. The summed E-state index contributed by atoms with van der Waals surface area (Å²) in [6.45, 7) is 0.388. The van der Waals surface area contributed by atoms with Crippen molar-refractivity contribution in [1.82, 2.24) is 5.32 Å². The van der Waals surface area contributed by atoms with E-state index >= 15 is 0 Å². The summed E-state index contributed by atoms with van der Waals surface area (Å²) in [4.78, 5) is 12.2. The van der Waals surface area contributed by atoms with Crippen LogP contribution in [-0.4, -0.2) is 30.0 Å². The number of carbonyl (C=O) groups excluding carboxylic acids is 1. The second kappa shape index (κ2) is 4.86. The molecular weight excluding hydrogens is 260 g/mol. The number of ether oxygens (including phenoxy) is 2. The zero-order valence-electron chi connectivity index (χ0n) is 11.1. The first-order valence-corrected chi connectivity index (χ1v) is 6.77. The van der Waals surface area contributed by atoms with Gasteiger partial charge in [-0.05, 0) is 18.9 Å². The molecule has 0 bridgehead atoms. The largest absolute Gasteiger partial charge is 0.454 e. The minimum absolute atomic E-state index is 0.138. The van der Waals surface area contributed by atoms with Crippen LogP contribution in [0.25, 0.3) is 0 Å². The summed E-state index contributed by atoms with van der Waals surface area (Å²) in [5.41, 5.74) is 5.76. The van der Waals surface area contributed by atoms with Crippen molar-refractivity contribution < 1.29 is 19.4 Å². The average Bonchev–Trinajstić information content (AvgIpc) is 3.04. The summed E-state index contributed by atoms with van der Waals surface area (Å²) < 4.78 is 10.4. The quantitative estimate of drug-likeness (QED) is 0.718. The van der Waals surface area contributed by atoms with Gasteiger partial charge in [0.15, 0.2) is 11.5 Å². The fourth-order valence-corrected chi connectivity index (χ4v) is 2.70. The number of carbonyl (C=O) groups is 1. The maximum Gasteiger partial charge on any atom is 0.253 e. The standard InChI is InChI=1S/C14H18N2O4/c15-10-6-12-11(19-8-20-12)5-9(10)13(17)16-7-14(18)3-1-2-4-14/h5-6,18H,1-4,7-8,15H2,(H,16,17). The lowest BCUT2D eigenvalue weighted by atomic mass is 10.0. The predicted molar refractivity (Wildman–Crippen MR) is 72.7 cm³/mol. The number of hydrogen-bond donors (Lipinski definition) is 3. The normalized spacial score (nSPS) is 19.1. The summed E-state index contributed by atoms with van der Waals surface area (Å²) >= 11 is 0. The van der Waals surface area contributed by atoms with E-state index in [2.05, 4.69) is 5.32 Å². The number of anilines is 1. The Morgan fingerprint density at radius 1 is 1.30 bits per heavy atom. The Hall–Kier alpha value is -1.95. The Morgan fingerprint density at radius 2 is 1.95 bits per heavy atom. The third kappa shape index (κ3) is 2.38. The summed E-state index contributed by atoms with van der Waals surface area (Å²) in [6, 6.07) is 3.16. The van der Waals surface area contributed by atoms with Crippen molar-refractivity contribution in [1.29, 1.82) is 0 Å². The van der Waals surface area contributed by atoms with Crippen LogP contribution in [0, 0.1) is 0 Å². The van der Waals surface area contributed by atoms with E-state index in [4.69, 9.17) is 15.2 Å². The maximum atomic E-state index is 12.2. The fraction of sp³-hybridized carbons (Fsp3) is 0.500. The molecule has 0 radical (unpaired) electrons. The summed E-state index contributed by atoms with van der Waals surface area (Å²) in [5.74, 6) is 0.763. The SMILES string of the molecule is Nc1cc2c(cc1C(=O)NCC1(O)CCCC1)OCO2. The second-order valence-corrected chi connectivity index (χ2v) is 5.41. The number of rotatable bonds is 3. The highest BCUT2D eigenvalue weighted by Crippen LogP contribution is 2.36. The third-order valence-electron chi connectivity index (χ3n) is 3.90. The Bertz CT molecular complexity index is 538. The average molecular weight is 278 g/mol. The van der Waals surface area contributed by atoms with Crippen LogP contribution in [0.3, 0.4) is 0 Å². The Balaban J connectivity index is 1.71. The highest BCUT2D eigenvalue weighted by Gasteiger charge is 2.31. The topological polar surface area (TPSA) is 93.8 Å². The van der Waals surface area contributed by atoms with Crippen LogP contribution in [-0.2, 0) is 0 Å². The maximum absolute atomic E-state index is 12.2. The van der Waals surface area contributed by atoms with Crippen molar-refractivity contribution in [3.63, 3.8) is 0 Å². The van der Waals surface area contributed by atoms with Crippen molar-refractivity contribution in [3.8, 4) is 11.5 Å². The minimum atomic E-state index is -0.777. The Labute approximate surface area is 116 Å². The number of benzene rings is 1. The zero-order valence-corrected chi connectivity index (χ0v) is 11.1. The van der Waals surface area contributed by atoms with Gasteiger partial charge in [0.2, 0.25) is 6.79 Å². The lowest BCUT2D eigenvalue weighted by molar-refractivity contribution is 0.0450. The van der Waals surface area contributed by atoms with Crippen LogP contribution in [0.2, 0.25) is 0 Å². The van der Waals surface area contributed by atoms with Crippen molar-refractivity contribution in [2.75, 3.05) is 19.1 Å². The molecule has 0 saturated heterocycles. The molecule has 1 aromatic rings. The van der Waals surface area contributed by atoms with Gasteiger partial charge in [0.1, 0.15) is 0 Å². The number of nitrogens with one attached hydrogen (secondary N) is 1. The molecule has 0 spiro atoms. The van der Waals surface area contributed by atoms with E-state index in [-0.39, 0.29) is 19.2 Å². The number of amides is 1.